The third kappa shape index (κ3) is 3.70. The van der Waals surface area contributed by atoms with Crippen molar-refractivity contribution in [2.75, 3.05) is 13.2 Å². The number of nitrogens with one attached hydrogen (secondary N) is 1. The number of ether oxygens (including phenoxy) is 1. The van der Waals surface area contributed by atoms with Crippen LogP contribution in [0.4, 0.5) is 0 Å². The molecule has 3 heteroatoms. The Morgan fingerprint density at radius 1 is 1.41 bits per heavy atom. The Hall–Kier alpha value is -0.570. The molecule has 0 aliphatic carbocycles. The van der Waals surface area contributed by atoms with E-state index >= 15 is 0 Å². The second kappa shape index (κ2) is 6.39. The third-order valence-corrected chi connectivity index (χ3v) is 3.50. The van der Waals surface area contributed by atoms with Crippen molar-refractivity contribution in [3.8, 4) is 0 Å². The van der Waals surface area contributed by atoms with Crippen molar-refractivity contribution in [3.05, 3.63) is 34.9 Å². The predicted molar refractivity (Wildman–Crippen MR) is 71.6 cm³/mol. The SMILES string of the molecule is CCNC(Cc1ccc(Cl)cc1)C1CCCO1. The highest BCUT2D eigenvalue weighted by molar-refractivity contribution is 6.30. The molecule has 1 aromatic rings. The number of hydrogen-bond donors (Lipinski definition) is 1. The molecule has 0 bridgehead atoms. The van der Waals surface area contributed by atoms with Gasteiger partial charge in [0.05, 0.1) is 6.10 Å². The summed E-state index contributed by atoms with van der Waals surface area (Å²) < 4.78 is 5.78. The summed E-state index contributed by atoms with van der Waals surface area (Å²) in [5.41, 5.74) is 1.32. The first-order valence-corrected chi connectivity index (χ1v) is 6.77. The lowest BCUT2D eigenvalue weighted by atomic mass is 9.99. The molecule has 1 aliphatic rings. The average Bonchev–Trinajstić information content (AvgIpc) is 2.85. The van der Waals surface area contributed by atoms with E-state index in [1.807, 2.05) is 12.1 Å². The predicted octanol–water partition coefficient (Wildman–Crippen LogP) is 3.04. The smallest absolute Gasteiger partial charge is 0.0732 e. The van der Waals surface area contributed by atoms with Gasteiger partial charge in [-0.25, -0.2) is 0 Å². The molecule has 0 spiro atoms. The highest BCUT2D eigenvalue weighted by Gasteiger charge is 2.25. The zero-order valence-corrected chi connectivity index (χ0v) is 11.0. The summed E-state index contributed by atoms with van der Waals surface area (Å²) in [6.45, 7) is 4.04. The van der Waals surface area contributed by atoms with Crippen LogP contribution in [0.2, 0.25) is 5.02 Å². The van der Waals surface area contributed by atoms with Crippen LogP contribution in [0.3, 0.4) is 0 Å². The van der Waals surface area contributed by atoms with Gasteiger partial charge >= 0.3 is 0 Å². The molecule has 0 radical (unpaired) electrons. The molecule has 0 aromatic heterocycles. The summed E-state index contributed by atoms with van der Waals surface area (Å²) >= 11 is 5.90. The van der Waals surface area contributed by atoms with Crippen LogP contribution < -0.4 is 5.32 Å². The number of hydrogen-bond acceptors (Lipinski definition) is 2. The maximum atomic E-state index is 5.90. The Bertz CT molecular complexity index is 333. The molecule has 1 aliphatic heterocycles. The maximum absolute atomic E-state index is 5.90. The van der Waals surface area contributed by atoms with Crippen molar-refractivity contribution in [3.63, 3.8) is 0 Å². The van der Waals surface area contributed by atoms with E-state index in [-0.39, 0.29) is 0 Å². The molecule has 2 unspecified atom stereocenters. The molecular weight excluding hydrogens is 234 g/mol. The molecule has 1 aromatic carbocycles. The fourth-order valence-electron chi connectivity index (χ4n) is 2.39. The van der Waals surface area contributed by atoms with Gasteiger partial charge in [0.2, 0.25) is 0 Å². The van der Waals surface area contributed by atoms with Crippen LogP contribution in [0.1, 0.15) is 25.3 Å². The third-order valence-electron chi connectivity index (χ3n) is 3.25. The molecule has 2 rings (SSSR count). The lowest BCUT2D eigenvalue weighted by molar-refractivity contribution is 0.0789. The van der Waals surface area contributed by atoms with Gasteiger partial charge in [0.25, 0.3) is 0 Å². The largest absolute Gasteiger partial charge is 0.377 e. The lowest BCUT2D eigenvalue weighted by Gasteiger charge is -2.23. The van der Waals surface area contributed by atoms with Gasteiger partial charge in [-0.15, -0.1) is 0 Å². The fraction of sp³-hybridized carbons (Fsp3) is 0.571. The molecule has 1 N–H and O–H groups in total. The molecule has 1 fully saturated rings. The van der Waals surface area contributed by atoms with Gasteiger partial charge in [-0.05, 0) is 43.5 Å². The van der Waals surface area contributed by atoms with E-state index < -0.39 is 0 Å². The van der Waals surface area contributed by atoms with Crippen molar-refractivity contribution in [1.29, 1.82) is 0 Å². The second-order valence-electron chi connectivity index (χ2n) is 4.55. The number of rotatable bonds is 5. The van der Waals surface area contributed by atoms with E-state index in [1.54, 1.807) is 0 Å². The van der Waals surface area contributed by atoms with Gasteiger partial charge in [0, 0.05) is 17.7 Å². The monoisotopic (exact) mass is 253 g/mol. The van der Waals surface area contributed by atoms with E-state index in [9.17, 15) is 0 Å². The molecule has 17 heavy (non-hydrogen) atoms. The summed E-state index contributed by atoms with van der Waals surface area (Å²) in [7, 11) is 0. The Morgan fingerprint density at radius 3 is 2.76 bits per heavy atom. The van der Waals surface area contributed by atoms with E-state index in [0.717, 1.165) is 24.6 Å². The second-order valence-corrected chi connectivity index (χ2v) is 4.98. The highest BCUT2D eigenvalue weighted by atomic mass is 35.5. The van der Waals surface area contributed by atoms with Gasteiger partial charge in [0.15, 0.2) is 0 Å². The maximum Gasteiger partial charge on any atom is 0.0732 e. The van der Waals surface area contributed by atoms with E-state index in [0.29, 0.717) is 12.1 Å². The molecule has 1 heterocycles. The van der Waals surface area contributed by atoms with Crippen LogP contribution in [0, 0.1) is 0 Å². The number of halogens is 1. The van der Waals surface area contributed by atoms with Crippen LogP contribution in [0.5, 0.6) is 0 Å². The Balaban J connectivity index is 1.98. The zero-order chi connectivity index (χ0) is 12.1. The molecule has 0 saturated carbocycles. The Labute approximate surface area is 108 Å². The van der Waals surface area contributed by atoms with Crippen LogP contribution in [-0.4, -0.2) is 25.3 Å². The van der Waals surface area contributed by atoms with Crippen molar-refractivity contribution in [1.82, 2.24) is 5.32 Å². The Morgan fingerprint density at radius 2 is 2.18 bits per heavy atom. The molecule has 0 amide bonds. The minimum Gasteiger partial charge on any atom is -0.377 e. The molecule has 2 nitrogen and oxygen atoms in total. The van der Waals surface area contributed by atoms with Crippen molar-refractivity contribution in [2.24, 2.45) is 0 Å². The van der Waals surface area contributed by atoms with Crippen molar-refractivity contribution in [2.45, 2.75) is 38.3 Å². The van der Waals surface area contributed by atoms with Crippen molar-refractivity contribution >= 4 is 11.6 Å². The fourth-order valence-corrected chi connectivity index (χ4v) is 2.52. The minimum absolute atomic E-state index is 0.366. The van der Waals surface area contributed by atoms with E-state index in [2.05, 4.69) is 24.4 Å². The molecule has 1 saturated heterocycles. The van der Waals surface area contributed by atoms with Crippen LogP contribution >= 0.6 is 11.6 Å². The molecule has 2 atom stereocenters. The number of benzene rings is 1. The summed E-state index contributed by atoms with van der Waals surface area (Å²) in [6, 6.07) is 8.53. The van der Waals surface area contributed by atoms with Crippen LogP contribution in [-0.2, 0) is 11.2 Å². The van der Waals surface area contributed by atoms with E-state index in [4.69, 9.17) is 16.3 Å². The van der Waals surface area contributed by atoms with Crippen LogP contribution in [0.15, 0.2) is 24.3 Å². The topological polar surface area (TPSA) is 21.3 Å². The normalized spacial score (nSPS) is 21.6. The molecule has 94 valence electrons. The lowest BCUT2D eigenvalue weighted by Crippen LogP contribution is -2.41. The summed E-state index contributed by atoms with van der Waals surface area (Å²) in [4.78, 5) is 0. The summed E-state index contributed by atoms with van der Waals surface area (Å²) in [5.74, 6) is 0. The van der Waals surface area contributed by atoms with E-state index in [1.165, 1.54) is 18.4 Å². The summed E-state index contributed by atoms with van der Waals surface area (Å²) in [5, 5.41) is 4.33. The minimum atomic E-state index is 0.366. The first-order chi connectivity index (χ1) is 8.29. The van der Waals surface area contributed by atoms with Gasteiger partial charge in [-0.3, -0.25) is 0 Å². The first kappa shape index (κ1) is 12.9. The highest BCUT2D eigenvalue weighted by Crippen LogP contribution is 2.19. The zero-order valence-electron chi connectivity index (χ0n) is 10.3. The van der Waals surface area contributed by atoms with Crippen LogP contribution in [0.25, 0.3) is 0 Å². The molecular formula is C14H20ClNO. The summed E-state index contributed by atoms with van der Waals surface area (Å²) in [6.07, 6.45) is 3.74. The standard InChI is InChI=1S/C14H20ClNO/c1-2-16-13(14-4-3-9-17-14)10-11-5-7-12(15)8-6-11/h5-8,13-14,16H,2-4,9-10H2,1H3. The van der Waals surface area contributed by atoms with Gasteiger partial charge in [-0.1, -0.05) is 30.7 Å². The van der Waals surface area contributed by atoms with Crippen molar-refractivity contribution < 1.29 is 4.74 Å². The van der Waals surface area contributed by atoms with Gasteiger partial charge in [-0.2, -0.15) is 0 Å². The van der Waals surface area contributed by atoms with Gasteiger partial charge in [0.1, 0.15) is 0 Å². The number of likely N-dealkylation sites (N-methyl/N-ethyl adjacent to an activating group) is 1. The first-order valence-electron chi connectivity index (χ1n) is 6.39. The van der Waals surface area contributed by atoms with Gasteiger partial charge < -0.3 is 10.1 Å². The quantitative estimate of drug-likeness (QED) is 0.871. The Kier molecular flexibility index (Phi) is 4.84. The average molecular weight is 254 g/mol.